The van der Waals surface area contributed by atoms with Crippen molar-refractivity contribution in [3.05, 3.63) is 48.4 Å². The van der Waals surface area contributed by atoms with Crippen molar-refractivity contribution in [2.45, 2.75) is 31.8 Å². The highest BCUT2D eigenvalue weighted by Gasteiger charge is 2.11. The molecule has 0 aliphatic carbocycles. The van der Waals surface area contributed by atoms with Gasteiger partial charge in [-0.2, -0.15) is 0 Å². The number of nitrogens with one attached hydrogen (secondary N) is 2. The largest absolute Gasteiger partial charge is 0.372 e. The number of rotatable bonds is 6. The number of nitrogens with zero attached hydrogens (tertiary/aromatic N) is 2. The molecule has 1 saturated heterocycles. The molecule has 0 bridgehead atoms. The normalized spacial score (nSPS) is 22.2. The molecule has 0 amide bonds. The van der Waals surface area contributed by atoms with E-state index < -0.39 is 0 Å². The van der Waals surface area contributed by atoms with Crippen LogP contribution in [0.3, 0.4) is 0 Å². The minimum Gasteiger partial charge on any atom is -0.372 e. The topological polar surface area (TPSA) is 40.2 Å². The van der Waals surface area contributed by atoms with Gasteiger partial charge < -0.3 is 10.2 Å². The van der Waals surface area contributed by atoms with E-state index in [0.29, 0.717) is 0 Å². The number of likely N-dealkylation sites (tertiary alicyclic amines) is 1. The fourth-order valence-corrected chi connectivity index (χ4v) is 3.05. The molecule has 1 fully saturated rings. The molecule has 22 heavy (non-hydrogen) atoms. The van der Waals surface area contributed by atoms with E-state index in [2.05, 4.69) is 32.7 Å². The van der Waals surface area contributed by atoms with Crippen LogP contribution in [0.5, 0.6) is 0 Å². The SMILES string of the molecule is C1=CC(NCCCN2CCCCC2)NC=C1c1ccccn1. The second kappa shape index (κ2) is 8.11. The smallest absolute Gasteiger partial charge is 0.0959 e. The third kappa shape index (κ3) is 4.42. The Hall–Kier alpha value is -1.65. The highest BCUT2D eigenvalue weighted by atomic mass is 15.1. The van der Waals surface area contributed by atoms with Crippen LogP contribution < -0.4 is 10.6 Å². The Labute approximate surface area is 133 Å². The van der Waals surface area contributed by atoms with E-state index in [1.54, 1.807) is 0 Å². The Morgan fingerprint density at radius 1 is 1.23 bits per heavy atom. The lowest BCUT2D eigenvalue weighted by molar-refractivity contribution is 0.225. The first-order valence-corrected chi connectivity index (χ1v) is 8.43. The second-order valence-electron chi connectivity index (χ2n) is 6.03. The van der Waals surface area contributed by atoms with Crippen LogP contribution in [0.1, 0.15) is 31.4 Å². The van der Waals surface area contributed by atoms with Gasteiger partial charge in [-0.15, -0.1) is 0 Å². The Balaban J connectivity index is 1.35. The lowest BCUT2D eigenvalue weighted by atomic mass is 10.1. The van der Waals surface area contributed by atoms with Gasteiger partial charge in [0.2, 0.25) is 0 Å². The maximum atomic E-state index is 4.37. The zero-order chi connectivity index (χ0) is 15.0. The zero-order valence-corrected chi connectivity index (χ0v) is 13.2. The molecule has 118 valence electrons. The Morgan fingerprint density at radius 3 is 2.86 bits per heavy atom. The lowest BCUT2D eigenvalue weighted by Gasteiger charge is -2.27. The van der Waals surface area contributed by atoms with Gasteiger partial charge in [0.25, 0.3) is 0 Å². The molecular formula is C18H26N4. The molecule has 3 heterocycles. The Kier molecular flexibility index (Phi) is 5.62. The van der Waals surface area contributed by atoms with Crippen molar-refractivity contribution in [1.82, 2.24) is 20.5 Å². The van der Waals surface area contributed by atoms with Gasteiger partial charge >= 0.3 is 0 Å². The minimum absolute atomic E-state index is 0.230. The molecule has 1 unspecified atom stereocenters. The molecule has 2 aliphatic heterocycles. The van der Waals surface area contributed by atoms with Crippen molar-refractivity contribution in [2.75, 3.05) is 26.2 Å². The number of hydrogen-bond donors (Lipinski definition) is 2. The van der Waals surface area contributed by atoms with Gasteiger partial charge in [0.15, 0.2) is 0 Å². The summed E-state index contributed by atoms with van der Waals surface area (Å²) in [7, 11) is 0. The molecule has 1 aromatic rings. The predicted octanol–water partition coefficient (Wildman–Crippen LogP) is 2.37. The van der Waals surface area contributed by atoms with Crippen molar-refractivity contribution in [1.29, 1.82) is 0 Å². The standard InChI is InChI=1S/C18H26N4/c1-4-12-22(13-5-1)14-6-11-20-18-9-8-16(15-21-18)17-7-2-3-10-19-17/h2-3,7-10,15,18,20-21H,1,4-6,11-14H2. The van der Waals surface area contributed by atoms with E-state index in [9.17, 15) is 0 Å². The average molecular weight is 298 g/mol. The third-order valence-electron chi connectivity index (χ3n) is 4.31. The number of piperidine rings is 1. The van der Waals surface area contributed by atoms with Crippen molar-refractivity contribution < 1.29 is 0 Å². The van der Waals surface area contributed by atoms with E-state index in [-0.39, 0.29) is 6.17 Å². The average Bonchev–Trinajstić information content (AvgIpc) is 2.61. The van der Waals surface area contributed by atoms with Crippen LogP contribution in [0.15, 0.2) is 42.7 Å². The first-order valence-electron chi connectivity index (χ1n) is 8.43. The molecule has 0 saturated carbocycles. The summed E-state index contributed by atoms with van der Waals surface area (Å²) in [6.07, 6.45) is 13.8. The third-order valence-corrected chi connectivity index (χ3v) is 4.31. The summed E-state index contributed by atoms with van der Waals surface area (Å²) in [5.74, 6) is 0. The lowest BCUT2D eigenvalue weighted by Crippen LogP contribution is -2.41. The molecule has 4 nitrogen and oxygen atoms in total. The van der Waals surface area contributed by atoms with Gasteiger partial charge in [-0.1, -0.05) is 18.6 Å². The summed E-state index contributed by atoms with van der Waals surface area (Å²) < 4.78 is 0. The quantitative estimate of drug-likeness (QED) is 0.791. The first-order chi connectivity index (χ1) is 10.9. The number of allylic oxidation sites excluding steroid dienone is 2. The van der Waals surface area contributed by atoms with Gasteiger partial charge in [-0.05, 0) is 63.7 Å². The number of hydrogen-bond acceptors (Lipinski definition) is 4. The first kappa shape index (κ1) is 15.3. The summed E-state index contributed by atoms with van der Waals surface area (Å²) in [6.45, 7) is 4.85. The second-order valence-corrected chi connectivity index (χ2v) is 6.03. The van der Waals surface area contributed by atoms with Crippen LogP contribution >= 0.6 is 0 Å². The Morgan fingerprint density at radius 2 is 2.14 bits per heavy atom. The molecule has 1 atom stereocenters. The summed E-state index contributed by atoms with van der Waals surface area (Å²) in [5.41, 5.74) is 2.14. The van der Waals surface area contributed by atoms with Crippen LogP contribution in [0.2, 0.25) is 0 Å². The summed E-state index contributed by atoms with van der Waals surface area (Å²) >= 11 is 0. The van der Waals surface area contributed by atoms with Gasteiger partial charge in [-0.3, -0.25) is 10.3 Å². The fourth-order valence-electron chi connectivity index (χ4n) is 3.05. The van der Waals surface area contributed by atoms with Crippen LogP contribution in [0.25, 0.3) is 5.57 Å². The zero-order valence-electron chi connectivity index (χ0n) is 13.2. The van der Waals surface area contributed by atoms with Crippen LogP contribution in [-0.4, -0.2) is 42.2 Å². The van der Waals surface area contributed by atoms with Crippen molar-refractivity contribution in [3.63, 3.8) is 0 Å². The van der Waals surface area contributed by atoms with Crippen LogP contribution in [0.4, 0.5) is 0 Å². The molecule has 2 aliphatic rings. The molecule has 3 rings (SSSR count). The maximum Gasteiger partial charge on any atom is 0.0959 e. The van der Waals surface area contributed by atoms with Gasteiger partial charge in [-0.25, -0.2) is 0 Å². The highest BCUT2D eigenvalue weighted by Crippen LogP contribution is 2.14. The van der Waals surface area contributed by atoms with E-state index >= 15 is 0 Å². The maximum absolute atomic E-state index is 4.37. The molecule has 4 heteroatoms. The highest BCUT2D eigenvalue weighted by molar-refractivity contribution is 5.72. The molecule has 1 aromatic heterocycles. The van der Waals surface area contributed by atoms with Crippen LogP contribution in [-0.2, 0) is 0 Å². The van der Waals surface area contributed by atoms with Gasteiger partial charge in [0.05, 0.1) is 11.9 Å². The van der Waals surface area contributed by atoms with Crippen molar-refractivity contribution in [2.24, 2.45) is 0 Å². The summed E-state index contributed by atoms with van der Waals surface area (Å²) in [6, 6.07) is 5.99. The predicted molar refractivity (Wildman–Crippen MR) is 91.2 cm³/mol. The van der Waals surface area contributed by atoms with Gasteiger partial charge in [0, 0.05) is 18.0 Å². The molecule has 0 spiro atoms. The molecule has 0 radical (unpaired) electrons. The minimum atomic E-state index is 0.230. The molecular weight excluding hydrogens is 272 g/mol. The monoisotopic (exact) mass is 298 g/mol. The number of dihydropyridines is 1. The van der Waals surface area contributed by atoms with E-state index in [1.807, 2.05) is 30.6 Å². The van der Waals surface area contributed by atoms with Crippen LogP contribution in [0, 0.1) is 0 Å². The number of aromatic nitrogens is 1. The molecule has 0 aromatic carbocycles. The summed E-state index contributed by atoms with van der Waals surface area (Å²) in [4.78, 5) is 6.96. The fraction of sp³-hybridized carbons (Fsp3) is 0.500. The Bertz CT molecular complexity index is 503. The van der Waals surface area contributed by atoms with E-state index in [1.165, 1.54) is 45.3 Å². The van der Waals surface area contributed by atoms with Crippen molar-refractivity contribution >= 4 is 5.57 Å². The van der Waals surface area contributed by atoms with E-state index in [4.69, 9.17) is 0 Å². The van der Waals surface area contributed by atoms with E-state index in [0.717, 1.165) is 17.8 Å². The summed E-state index contributed by atoms with van der Waals surface area (Å²) in [5, 5.41) is 6.94. The van der Waals surface area contributed by atoms with Crippen molar-refractivity contribution in [3.8, 4) is 0 Å². The van der Waals surface area contributed by atoms with Gasteiger partial charge in [0.1, 0.15) is 0 Å². The number of pyridine rings is 1. The molecule has 2 N–H and O–H groups in total.